The van der Waals surface area contributed by atoms with Crippen LogP contribution in [0.15, 0.2) is 46.9 Å². The van der Waals surface area contributed by atoms with Crippen LogP contribution in [0, 0.1) is 6.92 Å². The Bertz CT molecular complexity index is 596. The molecule has 2 aromatic rings. The van der Waals surface area contributed by atoms with Gasteiger partial charge in [-0.25, -0.2) is 0 Å². The number of halogens is 1. The number of aryl methyl sites for hydroxylation is 1. The third-order valence-corrected chi connectivity index (χ3v) is 3.21. The number of hydrogen-bond donors (Lipinski definition) is 2. The zero-order chi connectivity index (χ0) is 13.1. The summed E-state index contributed by atoms with van der Waals surface area (Å²) in [5, 5.41) is 12.4. The summed E-state index contributed by atoms with van der Waals surface area (Å²) in [5.41, 5.74) is 1.91. The zero-order valence-corrected chi connectivity index (χ0v) is 11.4. The lowest BCUT2D eigenvalue weighted by molar-refractivity contribution is 0.102. The zero-order valence-electron chi connectivity index (χ0n) is 9.77. The maximum Gasteiger partial charge on any atom is 0.256 e. The van der Waals surface area contributed by atoms with Crippen LogP contribution in [0.5, 0.6) is 5.75 Å². The van der Waals surface area contributed by atoms with Gasteiger partial charge in [-0.15, -0.1) is 0 Å². The summed E-state index contributed by atoms with van der Waals surface area (Å²) in [6.07, 6.45) is 0. The minimum atomic E-state index is -0.261. The molecule has 4 heteroatoms. The summed E-state index contributed by atoms with van der Waals surface area (Å²) in [7, 11) is 0. The van der Waals surface area contributed by atoms with Gasteiger partial charge in [0.15, 0.2) is 0 Å². The normalized spacial score (nSPS) is 10.1. The lowest BCUT2D eigenvalue weighted by atomic mass is 10.2. The van der Waals surface area contributed by atoms with Crippen LogP contribution in [-0.2, 0) is 0 Å². The molecule has 0 heterocycles. The number of phenolic OH excluding ortho intramolecular Hbond substituents is 1. The SMILES string of the molecule is Cc1ccc(O)c(NC(=O)c2ccccc2Br)c1. The van der Waals surface area contributed by atoms with E-state index in [1.54, 1.807) is 36.4 Å². The highest BCUT2D eigenvalue weighted by Gasteiger charge is 2.11. The molecule has 2 rings (SSSR count). The number of hydrogen-bond acceptors (Lipinski definition) is 2. The molecule has 0 aromatic heterocycles. The number of carbonyl (C=O) groups is 1. The molecule has 0 unspecified atom stereocenters. The van der Waals surface area contributed by atoms with Crippen LogP contribution >= 0.6 is 15.9 Å². The van der Waals surface area contributed by atoms with Crippen molar-refractivity contribution in [3.05, 3.63) is 58.1 Å². The van der Waals surface area contributed by atoms with Crippen LogP contribution < -0.4 is 5.32 Å². The molecule has 0 aliphatic carbocycles. The van der Waals surface area contributed by atoms with Crippen molar-refractivity contribution in [2.45, 2.75) is 6.92 Å². The average molecular weight is 306 g/mol. The third-order valence-electron chi connectivity index (χ3n) is 2.52. The second kappa shape index (κ2) is 5.23. The predicted molar refractivity (Wildman–Crippen MR) is 74.9 cm³/mol. The van der Waals surface area contributed by atoms with Crippen LogP contribution in [0.25, 0.3) is 0 Å². The predicted octanol–water partition coefficient (Wildman–Crippen LogP) is 3.72. The standard InChI is InChI=1S/C14H12BrNO2/c1-9-6-7-13(17)12(8-9)16-14(18)10-4-2-3-5-11(10)15/h2-8,17H,1H3,(H,16,18). The number of amides is 1. The molecule has 18 heavy (non-hydrogen) atoms. The molecule has 0 saturated heterocycles. The monoisotopic (exact) mass is 305 g/mol. The van der Waals surface area contributed by atoms with Crippen molar-refractivity contribution in [3.63, 3.8) is 0 Å². The van der Waals surface area contributed by atoms with Crippen molar-refractivity contribution < 1.29 is 9.90 Å². The van der Waals surface area contributed by atoms with Crippen LogP contribution in [-0.4, -0.2) is 11.0 Å². The fraction of sp³-hybridized carbons (Fsp3) is 0.0714. The number of aromatic hydroxyl groups is 1. The Morgan fingerprint density at radius 1 is 1.22 bits per heavy atom. The van der Waals surface area contributed by atoms with Gasteiger partial charge in [0, 0.05) is 4.47 Å². The van der Waals surface area contributed by atoms with Crippen LogP contribution in [0.2, 0.25) is 0 Å². The first-order chi connectivity index (χ1) is 8.58. The molecule has 92 valence electrons. The molecule has 0 saturated carbocycles. The number of nitrogens with one attached hydrogen (secondary N) is 1. The highest BCUT2D eigenvalue weighted by atomic mass is 79.9. The van der Waals surface area contributed by atoms with E-state index in [-0.39, 0.29) is 11.7 Å². The number of carbonyl (C=O) groups excluding carboxylic acids is 1. The molecule has 0 aliphatic rings. The Kier molecular flexibility index (Phi) is 3.67. The summed E-state index contributed by atoms with van der Waals surface area (Å²) in [5.74, 6) is -0.204. The Hall–Kier alpha value is -1.81. The molecule has 0 aliphatic heterocycles. The minimum Gasteiger partial charge on any atom is -0.506 e. The summed E-state index contributed by atoms with van der Waals surface area (Å²) in [6.45, 7) is 1.90. The molecular weight excluding hydrogens is 294 g/mol. The first-order valence-electron chi connectivity index (χ1n) is 5.43. The van der Waals surface area contributed by atoms with Crippen molar-refractivity contribution in [2.75, 3.05) is 5.32 Å². The van der Waals surface area contributed by atoms with Crippen LogP contribution in [0.3, 0.4) is 0 Å². The highest BCUT2D eigenvalue weighted by molar-refractivity contribution is 9.10. The first kappa shape index (κ1) is 12.6. The summed E-state index contributed by atoms with van der Waals surface area (Å²) >= 11 is 3.32. The maximum absolute atomic E-state index is 12.0. The molecule has 2 aromatic carbocycles. The molecule has 3 nitrogen and oxygen atoms in total. The van der Waals surface area contributed by atoms with E-state index in [4.69, 9.17) is 0 Å². The summed E-state index contributed by atoms with van der Waals surface area (Å²) in [4.78, 5) is 12.0. The van der Waals surface area contributed by atoms with E-state index in [2.05, 4.69) is 21.2 Å². The minimum absolute atomic E-state index is 0.0565. The Labute approximate surface area is 114 Å². The van der Waals surface area contributed by atoms with E-state index in [0.29, 0.717) is 11.3 Å². The van der Waals surface area contributed by atoms with Crippen molar-refractivity contribution in [1.82, 2.24) is 0 Å². The summed E-state index contributed by atoms with van der Waals surface area (Å²) in [6, 6.07) is 12.2. The number of rotatable bonds is 2. The largest absolute Gasteiger partial charge is 0.506 e. The molecule has 0 atom stereocenters. The van der Waals surface area contributed by atoms with Gasteiger partial charge in [0.25, 0.3) is 5.91 Å². The maximum atomic E-state index is 12.0. The van der Waals surface area contributed by atoms with E-state index in [0.717, 1.165) is 10.0 Å². The molecule has 0 radical (unpaired) electrons. The van der Waals surface area contributed by atoms with Gasteiger partial charge in [-0.3, -0.25) is 4.79 Å². The van der Waals surface area contributed by atoms with Gasteiger partial charge in [0.1, 0.15) is 5.75 Å². The van der Waals surface area contributed by atoms with Crippen LogP contribution in [0.4, 0.5) is 5.69 Å². The van der Waals surface area contributed by atoms with Gasteiger partial charge >= 0.3 is 0 Å². The Morgan fingerprint density at radius 3 is 2.67 bits per heavy atom. The lowest BCUT2D eigenvalue weighted by Crippen LogP contribution is -2.12. The number of anilines is 1. The molecule has 0 bridgehead atoms. The van der Waals surface area contributed by atoms with Crippen molar-refractivity contribution in [2.24, 2.45) is 0 Å². The van der Waals surface area contributed by atoms with E-state index in [1.807, 2.05) is 13.0 Å². The van der Waals surface area contributed by atoms with Crippen molar-refractivity contribution >= 4 is 27.5 Å². The summed E-state index contributed by atoms with van der Waals surface area (Å²) < 4.78 is 0.717. The van der Waals surface area contributed by atoms with Gasteiger partial charge in [-0.1, -0.05) is 18.2 Å². The van der Waals surface area contributed by atoms with E-state index in [9.17, 15) is 9.90 Å². The van der Waals surface area contributed by atoms with E-state index in [1.165, 1.54) is 0 Å². The molecule has 0 fully saturated rings. The van der Waals surface area contributed by atoms with Gasteiger partial charge in [-0.05, 0) is 52.7 Å². The van der Waals surface area contributed by atoms with Gasteiger partial charge in [0.2, 0.25) is 0 Å². The second-order valence-electron chi connectivity index (χ2n) is 3.95. The molecule has 1 amide bonds. The van der Waals surface area contributed by atoms with E-state index >= 15 is 0 Å². The van der Waals surface area contributed by atoms with Gasteiger partial charge in [-0.2, -0.15) is 0 Å². The quantitative estimate of drug-likeness (QED) is 0.831. The van der Waals surface area contributed by atoms with Crippen molar-refractivity contribution in [1.29, 1.82) is 0 Å². The fourth-order valence-electron chi connectivity index (χ4n) is 1.59. The second-order valence-corrected chi connectivity index (χ2v) is 4.81. The van der Waals surface area contributed by atoms with Crippen LogP contribution in [0.1, 0.15) is 15.9 Å². The fourth-order valence-corrected chi connectivity index (χ4v) is 2.05. The Balaban J connectivity index is 2.27. The van der Waals surface area contributed by atoms with Gasteiger partial charge in [0.05, 0.1) is 11.3 Å². The topological polar surface area (TPSA) is 49.3 Å². The Morgan fingerprint density at radius 2 is 1.94 bits per heavy atom. The highest BCUT2D eigenvalue weighted by Crippen LogP contribution is 2.25. The average Bonchev–Trinajstić information content (AvgIpc) is 2.34. The molecular formula is C14H12BrNO2. The van der Waals surface area contributed by atoms with E-state index < -0.39 is 0 Å². The third kappa shape index (κ3) is 2.71. The molecule has 2 N–H and O–H groups in total. The first-order valence-corrected chi connectivity index (χ1v) is 6.23. The van der Waals surface area contributed by atoms with Crippen molar-refractivity contribution in [3.8, 4) is 5.75 Å². The number of phenols is 1. The van der Waals surface area contributed by atoms with Gasteiger partial charge < -0.3 is 10.4 Å². The smallest absolute Gasteiger partial charge is 0.256 e. The number of benzene rings is 2. The lowest BCUT2D eigenvalue weighted by Gasteiger charge is -2.09. The molecule has 0 spiro atoms.